The highest BCUT2D eigenvalue weighted by atomic mass is 32.2. The minimum Gasteiger partial charge on any atom is -0.352 e. The Kier molecular flexibility index (Phi) is 10.2. The van der Waals surface area contributed by atoms with E-state index in [4.69, 9.17) is 0 Å². The van der Waals surface area contributed by atoms with Crippen LogP contribution in [0.3, 0.4) is 0 Å². The fourth-order valence-corrected chi connectivity index (χ4v) is 6.80. The quantitative estimate of drug-likeness (QED) is 0.321. The fraction of sp³-hybridized carbons (Fsp3) is 0.375. The van der Waals surface area contributed by atoms with Gasteiger partial charge in [0.2, 0.25) is 11.8 Å². The van der Waals surface area contributed by atoms with Crippen LogP contribution in [0.15, 0.2) is 83.8 Å². The molecule has 3 aromatic carbocycles. The molecular formula is C32H38FN3O4S. The lowest BCUT2D eigenvalue weighted by Gasteiger charge is -2.34. The second-order valence-electron chi connectivity index (χ2n) is 10.6. The first-order chi connectivity index (χ1) is 19.7. The molecule has 3 aromatic rings. The van der Waals surface area contributed by atoms with Gasteiger partial charge in [0.1, 0.15) is 18.4 Å². The van der Waals surface area contributed by atoms with E-state index in [9.17, 15) is 18.0 Å². The summed E-state index contributed by atoms with van der Waals surface area (Å²) in [7, 11) is -4.31. The Balaban J connectivity index is 1.71. The number of amides is 2. The Hall–Kier alpha value is -3.72. The van der Waals surface area contributed by atoms with Crippen molar-refractivity contribution in [3.05, 3.63) is 95.8 Å². The molecule has 0 aliphatic heterocycles. The molecule has 9 heteroatoms. The molecule has 1 fully saturated rings. The molecule has 1 N–H and O–H groups in total. The summed E-state index contributed by atoms with van der Waals surface area (Å²) in [6.45, 7) is 3.21. The first-order valence-electron chi connectivity index (χ1n) is 14.2. The van der Waals surface area contributed by atoms with Gasteiger partial charge in [-0.3, -0.25) is 13.9 Å². The van der Waals surface area contributed by atoms with Crippen LogP contribution in [-0.2, 0) is 26.2 Å². The number of carbonyl (C=O) groups excluding carboxylic acids is 2. The first kappa shape index (κ1) is 30.2. The van der Waals surface area contributed by atoms with Crippen LogP contribution in [0, 0.1) is 12.7 Å². The van der Waals surface area contributed by atoms with Crippen LogP contribution in [0.1, 0.15) is 56.6 Å². The molecule has 0 aromatic heterocycles. The Morgan fingerprint density at radius 1 is 0.951 bits per heavy atom. The lowest BCUT2D eigenvalue weighted by atomic mass is 9.95. The standard InChI is InChI=1S/C32H38FN3O4S/c1-3-29(32(38)34-26-15-6-4-7-16-26)35(22-25-14-12-13-24(2)21-25)31(37)23-36(30-20-11-10-19-28(30)33)41(39,40)27-17-8-5-9-18-27/h5,8-14,17-21,26,29H,3-4,6-7,15-16,22-23H2,1-2H3,(H,34,38)/t29-/m1/s1. The van der Waals surface area contributed by atoms with Crippen molar-refractivity contribution in [2.45, 2.75) is 75.9 Å². The maximum Gasteiger partial charge on any atom is 0.264 e. The minimum absolute atomic E-state index is 0.0505. The summed E-state index contributed by atoms with van der Waals surface area (Å²) in [6.07, 6.45) is 5.35. The van der Waals surface area contributed by atoms with Crippen molar-refractivity contribution in [3.63, 3.8) is 0 Å². The number of halogens is 1. The van der Waals surface area contributed by atoms with Crippen LogP contribution in [0.25, 0.3) is 0 Å². The lowest BCUT2D eigenvalue weighted by molar-refractivity contribution is -0.140. The molecule has 1 atom stereocenters. The Labute approximate surface area is 242 Å². The molecule has 1 aliphatic carbocycles. The predicted molar refractivity (Wildman–Crippen MR) is 158 cm³/mol. The zero-order valence-corrected chi connectivity index (χ0v) is 24.4. The number of benzene rings is 3. The van der Waals surface area contributed by atoms with Gasteiger partial charge in [-0.25, -0.2) is 12.8 Å². The van der Waals surface area contributed by atoms with Gasteiger partial charge in [-0.1, -0.05) is 86.3 Å². The van der Waals surface area contributed by atoms with Crippen molar-refractivity contribution in [1.29, 1.82) is 0 Å². The molecular weight excluding hydrogens is 541 g/mol. The number of para-hydroxylation sites is 1. The van der Waals surface area contributed by atoms with Gasteiger partial charge in [0.15, 0.2) is 0 Å². The van der Waals surface area contributed by atoms with Gasteiger partial charge >= 0.3 is 0 Å². The zero-order chi connectivity index (χ0) is 29.4. The molecule has 0 unspecified atom stereocenters. The number of nitrogens with zero attached hydrogens (tertiary/aromatic N) is 2. The summed E-state index contributed by atoms with van der Waals surface area (Å²) in [5.41, 5.74) is 1.57. The Bertz CT molecular complexity index is 1440. The smallest absolute Gasteiger partial charge is 0.264 e. The summed E-state index contributed by atoms with van der Waals surface area (Å²) in [6, 6.07) is 19.9. The van der Waals surface area contributed by atoms with Crippen molar-refractivity contribution in [2.75, 3.05) is 10.8 Å². The maximum absolute atomic E-state index is 15.0. The van der Waals surface area contributed by atoms with Crippen LogP contribution in [0.4, 0.5) is 10.1 Å². The van der Waals surface area contributed by atoms with Crippen LogP contribution < -0.4 is 9.62 Å². The van der Waals surface area contributed by atoms with Gasteiger partial charge in [-0.15, -0.1) is 0 Å². The summed E-state index contributed by atoms with van der Waals surface area (Å²) >= 11 is 0. The second kappa shape index (κ2) is 13.8. The number of sulfonamides is 1. The van der Waals surface area contributed by atoms with Crippen molar-refractivity contribution < 1.29 is 22.4 Å². The highest BCUT2D eigenvalue weighted by Gasteiger charge is 2.35. The molecule has 4 rings (SSSR count). The number of rotatable bonds is 11. The largest absolute Gasteiger partial charge is 0.352 e. The number of hydrogen-bond acceptors (Lipinski definition) is 4. The highest BCUT2D eigenvalue weighted by molar-refractivity contribution is 7.92. The summed E-state index contributed by atoms with van der Waals surface area (Å²) in [5, 5.41) is 3.13. The molecule has 0 spiro atoms. The van der Waals surface area contributed by atoms with Gasteiger partial charge in [-0.05, 0) is 56.0 Å². The van der Waals surface area contributed by atoms with E-state index in [2.05, 4.69) is 5.32 Å². The van der Waals surface area contributed by atoms with Gasteiger partial charge in [-0.2, -0.15) is 0 Å². The number of hydrogen-bond donors (Lipinski definition) is 1. The van der Waals surface area contributed by atoms with Crippen molar-refractivity contribution >= 4 is 27.5 Å². The molecule has 41 heavy (non-hydrogen) atoms. The molecule has 7 nitrogen and oxygen atoms in total. The normalized spacial score (nSPS) is 14.7. The van der Waals surface area contributed by atoms with E-state index < -0.39 is 34.3 Å². The van der Waals surface area contributed by atoms with Crippen molar-refractivity contribution in [3.8, 4) is 0 Å². The Morgan fingerprint density at radius 2 is 1.63 bits per heavy atom. The van der Waals surface area contributed by atoms with Gasteiger partial charge in [0.05, 0.1) is 10.6 Å². The SMILES string of the molecule is CC[C@H](C(=O)NC1CCCCC1)N(Cc1cccc(C)c1)C(=O)CN(c1ccccc1F)S(=O)(=O)c1ccccc1. The third-order valence-electron chi connectivity index (χ3n) is 7.50. The molecule has 0 saturated heterocycles. The second-order valence-corrected chi connectivity index (χ2v) is 12.4. The van der Waals surface area contributed by atoms with E-state index in [0.29, 0.717) is 6.42 Å². The van der Waals surface area contributed by atoms with Gasteiger partial charge in [0, 0.05) is 12.6 Å². The lowest BCUT2D eigenvalue weighted by Crippen LogP contribution is -2.54. The van der Waals surface area contributed by atoms with Crippen molar-refractivity contribution in [2.24, 2.45) is 0 Å². The van der Waals surface area contributed by atoms with Crippen LogP contribution in [-0.4, -0.2) is 43.8 Å². The number of aryl methyl sites for hydroxylation is 1. The molecule has 0 radical (unpaired) electrons. The fourth-order valence-electron chi connectivity index (χ4n) is 5.36. The maximum atomic E-state index is 15.0. The van der Waals surface area contributed by atoms with Crippen LogP contribution in [0.2, 0.25) is 0 Å². The summed E-state index contributed by atoms with van der Waals surface area (Å²) in [5.74, 6) is -1.63. The number of carbonyl (C=O) groups is 2. The molecule has 0 bridgehead atoms. The van der Waals surface area contributed by atoms with Gasteiger partial charge in [0.25, 0.3) is 10.0 Å². The topological polar surface area (TPSA) is 86.8 Å². The van der Waals surface area contributed by atoms with Crippen LogP contribution in [0.5, 0.6) is 0 Å². The summed E-state index contributed by atoms with van der Waals surface area (Å²) < 4.78 is 43.4. The first-order valence-corrected chi connectivity index (χ1v) is 15.6. The minimum atomic E-state index is -4.31. The van der Waals surface area contributed by atoms with E-state index >= 15 is 4.39 Å². The molecule has 1 saturated carbocycles. The predicted octanol–water partition coefficient (Wildman–Crippen LogP) is 5.59. The van der Waals surface area contributed by atoms with E-state index in [-0.39, 0.29) is 29.1 Å². The van der Waals surface area contributed by atoms with E-state index in [1.54, 1.807) is 18.2 Å². The van der Waals surface area contributed by atoms with Gasteiger partial charge < -0.3 is 10.2 Å². The molecule has 1 aliphatic rings. The third-order valence-corrected chi connectivity index (χ3v) is 9.28. The average molecular weight is 580 g/mol. The molecule has 0 heterocycles. The zero-order valence-electron chi connectivity index (χ0n) is 23.6. The van der Waals surface area contributed by atoms with E-state index in [0.717, 1.165) is 53.6 Å². The third kappa shape index (κ3) is 7.52. The Morgan fingerprint density at radius 3 is 2.29 bits per heavy atom. The molecule has 2 amide bonds. The molecule has 218 valence electrons. The monoisotopic (exact) mass is 579 g/mol. The average Bonchev–Trinajstić information content (AvgIpc) is 2.97. The van der Waals surface area contributed by atoms with Crippen LogP contribution >= 0.6 is 0 Å². The van der Waals surface area contributed by atoms with E-state index in [1.807, 2.05) is 38.1 Å². The number of nitrogens with one attached hydrogen (secondary N) is 1. The number of anilines is 1. The van der Waals surface area contributed by atoms with E-state index in [1.165, 1.54) is 35.2 Å². The highest BCUT2D eigenvalue weighted by Crippen LogP contribution is 2.27. The van der Waals surface area contributed by atoms with Crippen molar-refractivity contribution in [1.82, 2.24) is 10.2 Å². The summed E-state index contributed by atoms with van der Waals surface area (Å²) in [4.78, 5) is 29.1.